The van der Waals surface area contributed by atoms with Crippen molar-refractivity contribution < 1.29 is 71.9 Å². The molecule has 0 radical (unpaired) electrons. The van der Waals surface area contributed by atoms with Crippen LogP contribution in [0.15, 0.2) is 54.1 Å². The number of anilines is 3. The Kier molecular flexibility index (Phi) is 25.8. The summed E-state index contributed by atoms with van der Waals surface area (Å²) in [7, 11) is 4.38. The van der Waals surface area contributed by atoms with Crippen LogP contribution in [0.5, 0.6) is 5.75 Å². The number of hydrogen-bond acceptors (Lipinski definition) is 15. The molecule has 23 nitrogen and oxygen atoms in total. The van der Waals surface area contributed by atoms with Crippen molar-refractivity contribution in [3.8, 4) is 5.75 Å². The molecular weight excluding hydrogens is 1260 g/mol. The van der Waals surface area contributed by atoms with E-state index in [0.29, 0.717) is 47.8 Å². The van der Waals surface area contributed by atoms with E-state index in [9.17, 15) is 43.5 Å². The summed E-state index contributed by atoms with van der Waals surface area (Å²) in [6.45, 7) is 9.07. The summed E-state index contributed by atoms with van der Waals surface area (Å²) in [5.41, 5.74) is 4.12. The van der Waals surface area contributed by atoms with Crippen molar-refractivity contribution in [1.29, 1.82) is 0 Å². The third-order valence-electron chi connectivity index (χ3n) is 14.5. The fourth-order valence-corrected chi connectivity index (χ4v) is 11.8. The third kappa shape index (κ3) is 19.2. The molecule has 2 fully saturated rings. The van der Waals surface area contributed by atoms with Crippen LogP contribution in [0.1, 0.15) is 91.5 Å². The zero-order valence-corrected chi connectivity index (χ0v) is 52.4. The highest BCUT2D eigenvalue weighted by atomic mass is 79.9. The van der Waals surface area contributed by atoms with Gasteiger partial charge in [0.2, 0.25) is 23.6 Å². The van der Waals surface area contributed by atoms with Crippen LogP contribution in [0.2, 0.25) is 10.0 Å². The van der Waals surface area contributed by atoms with Crippen LogP contribution in [0.25, 0.3) is 0 Å². The molecule has 2 aromatic rings. The second-order valence-electron chi connectivity index (χ2n) is 21.3. The number of amides is 8. The molecule has 3 heterocycles. The number of carbonyl (C=O) groups excluding carboxylic acids is 8. The Bertz CT molecular complexity index is 2740. The second kappa shape index (κ2) is 31.4. The van der Waals surface area contributed by atoms with E-state index < -0.39 is 96.1 Å². The number of ether oxygens (including phenoxy) is 6. The number of esters is 1. The summed E-state index contributed by atoms with van der Waals surface area (Å²) in [6.07, 6.45) is 1.00. The van der Waals surface area contributed by atoms with E-state index in [-0.39, 0.29) is 84.0 Å². The van der Waals surface area contributed by atoms with E-state index in [0.717, 1.165) is 11.1 Å². The predicted molar refractivity (Wildman–Crippen MR) is 319 cm³/mol. The van der Waals surface area contributed by atoms with Crippen molar-refractivity contribution in [2.45, 2.75) is 140 Å². The lowest BCUT2D eigenvalue weighted by atomic mass is 9.83. The molecule has 0 saturated carbocycles. The van der Waals surface area contributed by atoms with Gasteiger partial charge >= 0.3 is 24.2 Å². The minimum Gasteiger partial charge on any atom is -0.495 e. The number of carbonyl (C=O) groups is 8. The number of hydrogen-bond donors (Lipinski definition) is 8. The average molecular weight is 1330 g/mol. The van der Waals surface area contributed by atoms with Crippen molar-refractivity contribution in [1.82, 2.24) is 21.3 Å². The Morgan fingerprint density at radius 1 is 0.988 bits per heavy atom. The molecule has 83 heavy (non-hydrogen) atoms. The van der Waals surface area contributed by atoms with Gasteiger partial charge in [-0.1, -0.05) is 99.6 Å². The first-order chi connectivity index (χ1) is 39.3. The topological polar surface area (TPSA) is 317 Å². The van der Waals surface area contributed by atoms with Gasteiger partial charge in [0.05, 0.1) is 48.6 Å². The van der Waals surface area contributed by atoms with Crippen LogP contribution < -0.4 is 47.3 Å². The number of nitrogens with zero attached hydrogens (tertiary/aromatic N) is 1. The van der Waals surface area contributed by atoms with Crippen molar-refractivity contribution in [3.05, 3.63) is 69.7 Å². The number of urea groups is 1. The van der Waals surface area contributed by atoms with Gasteiger partial charge in [0, 0.05) is 55.8 Å². The molecule has 0 spiro atoms. The number of benzene rings is 2. The van der Waals surface area contributed by atoms with Gasteiger partial charge in [-0.2, -0.15) is 0 Å². The lowest BCUT2D eigenvalue weighted by Gasteiger charge is -2.42. The van der Waals surface area contributed by atoms with Gasteiger partial charge in [0.25, 0.3) is 0 Å². The first-order valence-corrected chi connectivity index (χ1v) is 30.2. The number of nitrogens with two attached hydrogens (primary N) is 1. The standard InChI is InChI=1S/C56H76Br2Cl2N8O15/c1-30(2)47(66-44(69)17-10-9-11-21-80-51(73)34(28-57)29-58)50(72)64-38(15-13-20-62-52(61)74)49(71)63-35-18-19-37(36(59)25-35)65-53(75)82-43-26-45(70)68(6)39-23-33(24-40(78-7)46(39)60)22-31(3)14-12-16-42(79-8)56(77)27-41(81-54(76)67-56)32(4)48-55(43,5)83-48/h12,14,16,18-19,23-25,30,32,34,38,41-43,47-48,77H,9-11,13,15,17,20-22,26-29H2,1-8H3,(H,63,71)(H,64,72)(H,65,75)(H,66,69)(H,67,76)(H3,61,62,74)/b16-12+,31-14+/t32-,38+,41+,42-,43+,47+,48+,55+,56+/m1/s1. The maximum Gasteiger partial charge on any atom is 0.412 e. The number of alkyl halides is 2. The van der Waals surface area contributed by atoms with Gasteiger partial charge in [-0.15, -0.1) is 0 Å². The van der Waals surface area contributed by atoms with E-state index in [1.807, 2.05) is 13.0 Å². The maximum absolute atomic E-state index is 14.4. The summed E-state index contributed by atoms with van der Waals surface area (Å²) in [4.78, 5) is 107. The zero-order valence-electron chi connectivity index (χ0n) is 47.7. The average Bonchev–Trinajstić information content (AvgIpc) is 1.91. The molecule has 458 valence electrons. The number of halogens is 4. The molecule has 4 bridgehead atoms. The Morgan fingerprint density at radius 2 is 1.71 bits per heavy atom. The Labute approximate surface area is 510 Å². The number of unbranched alkanes of at least 4 members (excludes halogenated alkanes) is 2. The number of fused-ring (bicyclic) bond motifs is 5. The number of aliphatic hydroxyl groups is 1. The fourth-order valence-electron chi connectivity index (χ4n) is 9.65. The van der Waals surface area contributed by atoms with Crippen molar-refractivity contribution in [2.24, 2.45) is 23.5 Å². The molecular formula is C56H76Br2Cl2N8O15. The van der Waals surface area contributed by atoms with Gasteiger partial charge in [-0.25, -0.2) is 14.4 Å². The van der Waals surface area contributed by atoms with E-state index in [1.165, 1.54) is 44.4 Å². The molecule has 27 heteroatoms. The molecule has 0 aromatic heterocycles. The summed E-state index contributed by atoms with van der Waals surface area (Å²) in [6, 6.07) is 4.70. The normalized spacial score (nSPS) is 24.3. The molecule has 3 aliphatic heterocycles. The van der Waals surface area contributed by atoms with Crippen molar-refractivity contribution in [2.75, 3.05) is 60.6 Å². The lowest BCUT2D eigenvalue weighted by molar-refractivity contribution is -0.147. The Balaban J connectivity index is 1.31. The largest absolute Gasteiger partial charge is 0.495 e. The van der Waals surface area contributed by atoms with Gasteiger partial charge in [-0.3, -0.25) is 34.6 Å². The quantitative estimate of drug-likeness (QED) is 0.0175. The molecule has 0 unspecified atom stereocenters. The first-order valence-electron chi connectivity index (χ1n) is 27.2. The number of epoxide rings is 1. The minimum atomic E-state index is -1.91. The summed E-state index contributed by atoms with van der Waals surface area (Å²) < 4.78 is 34.6. The molecule has 5 rings (SSSR count). The SMILES string of the molecule is COc1cc2cc(c1Cl)N(C)C(=O)C[C@H](OC(=O)Nc1ccc(NC(=O)[C@H](CCCNC(N)=O)NC(=O)[C@@H](NC(=O)CCCCCOC(=O)C(CBr)CBr)C(C)C)cc1Cl)[C@]1(C)O[C@H]1[C@H](C)[C@@H]1C[C@@](O)(NC(=O)O1)[C@H](OC)/C=C/C=C(\C)C2. The first kappa shape index (κ1) is 68.1. The zero-order chi connectivity index (χ0) is 61.3. The number of nitrogens with one attached hydrogen (secondary N) is 6. The Morgan fingerprint density at radius 3 is 2.36 bits per heavy atom. The highest BCUT2D eigenvalue weighted by molar-refractivity contribution is 9.09. The van der Waals surface area contributed by atoms with E-state index >= 15 is 0 Å². The monoisotopic (exact) mass is 1330 g/mol. The molecule has 0 aliphatic carbocycles. The molecule has 9 N–H and O–H groups in total. The molecule has 3 aliphatic rings. The van der Waals surface area contributed by atoms with Gasteiger partial charge in [-0.05, 0) is 94.2 Å². The van der Waals surface area contributed by atoms with E-state index in [4.69, 9.17) is 57.4 Å². The molecule has 8 amide bonds. The highest BCUT2D eigenvalue weighted by Gasteiger charge is 2.64. The van der Waals surface area contributed by atoms with E-state index in [1.54, 1.807) is 52.0 Å². The van der Waals surface area contributed by atoms with E-state index in [2.05, 4.69) is 63.8 Å². The second-order valence-corrected chi connectivity index (χ2v) is 23.3. The smallest absolute Gasteiger partial charge is 0.412 e. The van der Waals surface area contributed by atoms with Gasteiger partial charge in [0.15, 0.2) is 5.72 Å². The highest BCUT2D eigenvalue weighted by Crippen LogP contribution is 2.49. The number of allylic oxidation sites excluding steroid dienone is 3. The van der Waals surface area contributed by atoms with Crippen LogP contribution in [-0.2, 0) is 54.1 Å². The van der Waals surface area contributed by atoms with Crippen LogP contribution >= 0.6 is 55.1 Å². The van der Waals surface area contributed by atoms with Crippen LogP contribution in [0, 0.1) is 17.8 Å². The summed E-state index contributed by atoms with van der Waals surface area (Å²) in [5.74, 6) is -3.54. The van der Waals surface area contributed by atoms with Crippen LogP contribution in [-0.4, -0.2) is 146 Å². The summed E-state index contributed by atoms with van der Waals surface area (Å²) in [5, 5.41) is 28.7. The molecule has 2 aromatic carbocycles. The fraction of sp³-hybridized carbons (Fsp3) is 0.571. The number of rotatable bonds is 23. The number of methoxy groups -OCH3 is 2. The van der Waals surface area contributed by atoms with Crippen molar-refractivity contribution in [3.63, 3.8) is 0 Å². The van der Waals surface area contributed by atoms with Crippen LogP contribution in [0.4, 0.5) is 31.4 Å². The lowest BCUT2D eigenvalue weighted by Crippen LogP contribution is -2.63. The maximum atomic E-state index is 14.4. The van der Waals surface area contributed by atoms with Gasteiger partial charge < -0.3 is 65.4 Å². The van der Waals surface area contributed by atoms with Crippen molar-refractivity contribution >= 4 is 120 Å². The summed E-state index contributed by atoms with van der Waals surface area (Å²) >= 11 is 20.1. The number of primary amides is 1. The Hall–Kier alpha value is -5.70. The van der Waals surface area contributed by atoms with Crippen LogP contribution in [0.3, 0.4) is 0 Å². The molecule has 2 saturated heterocycles. The molecule has 9 atom stereocenters. The predicted octanol–water partition coefficient (Wildman–Crippen LogP) is 7.55. The van der Waals surface area contributed by atoms with Gasteiger partial charge in [0.1, 0.15) is 46.8 Å². The third-order valence-corrected chi connectivity index (χ3v) is 16.8. The number of alkyl carbamates (subject to hydrolysis) is 1. The minimum absolute atomic E-state index is 0.0379.